The minimum Gasteiger partial charge on any atom is -0.305 e. The number of hydrogen-bond donors (Lipinski definition) is 0. The molecule has 0 amide bonds. The molecule has 6 nitrogen and oxygen atoms in total. The molecule has 0 fully saturated rings. The maximum Gasteiger partial charge on any atom is 0.258 e. The van der Waals surface area contributed by atoms with Crippen LogP contribution in [0.5, 0.6) is 0 Å². The zero-order valence-corrected chi connectivity index (χ0v) is 18.0. The normalized spacial score (nSPS) is 16.6. The predicted octanol–water partition coefficient (Wildman–Crippen LogP) is 4.03. The molecule has 0 radical (unpaired) electrons. The average molecular weight is 430 g/mol. The Balaban J connectivity index is 1.39. The van der Waals surface area contributed by atoms with Crippen molar-refractivity contribution in [2.45, 2.75) is 37.1 Å². The Morgan fingerprint density at radius 3 is 3.11 bits per heavy atom. The van der Waals surface area contributed by atoms with Crippen molar-refractivity contribution in [3.8, 4) is 11.4 Å². The van der Waals surface area contributed by atoms with Crippen LogP contribution in [0.4, 0.5) is 0 Å². The first-order valence-electron chi connectivity index (χ1n) is 9.17. The molecule has 0 saturated heterocycles. The molecule has 0 N–H and O–H groups in total. The minimum atomic E-state index is -0.0420. The molecule has 5 rings (SSSR count). The van der Waals surface area contributed by atoms with Gasteiger partial charge in [0.2, 0.25) is 0 Å². The molecule has 1 aliphatic carbocycles. The Morgan fingerprint density at radius 2 is 2.21 bits per heavy atom. The Hall–Kier alpha value is -1.97. The summed E-state index contributed by atoms with van der Waals surface area (Å²) >= 11 is 4.88. The number of nitrogens with zero attached hydrogens (tertiary/aromatic N) is 5. The third-order valence-corrected chi connectivity index (χ3v) is 8.04. The summed E-state index contributed by atoms with van der Waals surface area (Å²) in [6.45, 7) is 2.33. The maximum atomic E-state index is 12.1. The first kappa shape index (κ1) is 18.1. The molecule has 1 atom stereocenters. The van der Waals surface area contributed by atoms with E-state index in [2.05, 4.69) is 32.1 Å². The van der Waals surface area contributed by atoms with Crippen LogP contribution in [-0.4, -0.2) is 24.1 Å². The van der Waals surface area contributed by atoms with E-state index < -0.39 is 0 Å². The summed E-state index contributed by atoms with van der Waals surface area (Å²) in [5, 5.41) is 13.8. The van der Waals surface area contributed by atoms with Crippen molar-refractivity contribution in [2.75, 3.05) is 0 Å². The molecule has 0 bridgehead atoms. The van der Waals surface area contributed by atoms with Gasteiger partial charge in [-0.2, -0.15) is 0 Å². The molecule has 9 heteroatoms. The lowest BCUT2D eigenvalue weighted by atomic mass is 9.88. The van der Waals surface area contributed by atoms with Gasteiger partial charge in [0.05, 0.1) is 5.69 Å². The molecule has 0 saturated carbocycles. The van der Waals surface area contributed by atoms with Gasteiger partial charge in [-0.15, -0.1) is 32.9 Å². The highest BCUT2D eigenvalue weighted by Crippen LogP contribution is 2.38. The lowest BCUT2D eigenvalue weighted by Crippen LogP contribution is -2.12. The molecule has 4 heterocycles. The van der Waals surface area contributed by atoms with Gasteiger partial charge in [0.1, 0.15) is 0 Å². The van der Waals surface area contributed by atoms with Crippen LogP contribution in [0.2, 0.25) is 0 Å². The molecule has 1 aliphatic rings. The summed E-state index contributed by atoms with van der Waals surface area (Å²) in [5.41, 5.74) is 3.40. The van der Waals surface area contributed by atoms with Crippen molar-refractivity contribution in [1.82, 2.24) is 24.1 Å². The first-order chi connectivity index (χ1) is 13.6. The molecule has 0 aromatic carbocycles. The fourth-order valence-corrected chi connectivity index (χ4v) is 6.43. The molecule has 1 unspecified atom stereocenters. The van der Waals surface area contributed by atoms with Crippen molar-refractivity contribution in [1.29, 1.82) is 0 Å². The SMILES string of the molecule is CC1CCc2c(-c3nnc(SCc4cc(=O)n5ccsc5n4)n3C)csc2C1. The van der Waals surface area contributed by atoms with E-state index in [1.54, 1.807) is 28.4 Å². The van der Waals surface area contributed by atoms with E-state index >= 15 is 0 Å². The molecular formula is C19H19N5OS3. The number of fused-ring (bicyclic) bond motifs is 2. The number of hydrogen-bond acceptors (Lipinski definition) is 7. The second-order valence-corrected chi connectivity index (χ2v) is 9.97. The van der Waals surface area contributed by atoms with Crippen molar-refractivity contribution in [3.63, 3.8) is 0 Å². The number of thioether (sulfide) groups is 1. The third kappa shape index (κ3) is 3.11. The quantitative estimate of drug-likeness (QED) is 0.458. The van der Waals surface area contributed by atoms with E-state index in [0.29, 0.717) is 5.75 Å². The van der Waals surface area contributed by atoms with E-state index in [-0.39, 0.29) is 5.56 Å². The van der Waals surface area contributed by atoms with Crippen LogP contribution >= 0.6 is 34.4 Å². The Kier molecular flexibility index (Phi) is 4.60. The fraction of sp³-hybridized carbons (Fsp3) is 0.368. The first-order valence-corrected chi connectivity index (χ1v) is 11.9. The summed E-state index contributed by atoms with van der Waals surface area (Å²) in [6, 6.07) is 1.60. The number of thiazole rings is 1. The van der Waals surface area contributed by atoms with Crippen LogP contribution in [0, 0.1) is 5.92 Å². The van der Waals surface area contributed by atoms with E-state index in [4.69, 9.17) is 0 Å². The van der Waals surface area contributed by atoms with Gasteiger partial charge >= 0.3 is 0 Å². The summed E-state index contributed by atoms with van der Waals surface area (Å²) < 4.78 is 3.63. The van der Waals surface area contributed by atoms with Crippen LogP contribution in [0.3, 0.4) is 0 Å². The number of aromatic nitrogens is 5. The minimum absolute atomic E-state index is 0.0420. The molecular weight excluding hydrogens is 410 g/mol. The monoisotopic (exact) mass is 429 g/mol. The summed E-state index contributed by atoms with van der Waals surface area (Å²) in [4.78, 5) is 18.9. The van der Waals surface area contributed by atoms with Crippen LogP contribution in [0.1, 0.15) is 29.5 Å². The predicted molar refractivity (Wildman–Crippen MR) is 114 cm³/mol. The van der Waals surface area contributed by atoms with Crippen molar-refractivity contribution < 1.29 is 0 Å². The van der Waals surface area contributed by atoms with Gasteiger partial charge in [0.25, 0.3) is 5.56 Å². The lowest BCUT2D eigenvalue weighted by molar-refractivity contribution is 0.508. The Morgan fingerprint density at radius 1 is 1.32 bits per heavy atom. The second-order valence-electron chi connectivity index (χ2n) is 7.19. The number of rotatable bonds is 4. The van der Waals surface area contributed by atoms with Crippen LogP contribution < -0.4 is 5.56 Å². The summed E-state index contributed by atoms with van der Waals surface area (Å²) in [6.07, 6.45) is 5.29. The van der Waals surface area contributed by atoms with Gasteiger partial charge in [-0.3, -0.25) is 9.20 Å². The fourth-order valence-electron chi connectivity index (χ4n) is 3.64. The molecule has 144 valence electrons. The second kappa shape index (κ2) is 7.13. The van der Waals surface area contributed by atoms with E-state index in [0.717, 1.165) is 34.0 Å². The smallest absolute Gasteiger partial charge is 0.258 e. The topological polar surface area (TPSA) is 65.1 Å². The number of thiophene rings is 1. The summed E-state index contributed by atoms with van der Waals surface area (Å²) in [5.74, 6) is 2.28. The Bertz CT molecular complexity index is 1220. The van der Waals surface area contributed by atoms with Gasteiger partial charge < -0.3 is 4.57 Å². The molecule has 0 aliphatic heterocycles. The van der Waals surface area contributed by atoms with Gasteiger partial charge in [-0.25, -0.2) is 4.98 Å². The summed E-state index contributed by atoms with van der Waals surface area (Å²) in [7, 11) is 2.01. The van der Waals surface area contributed by atoms with Crippen molar-refractivity contribution in [2.24, 2.45) is 13.0 Å². The van der Waals surface area contributed by atoms with Crippen molar-refractivity contribution in [3.05, 3.63) is 49.5 Å². The van der Waals surface area contributed by atoms with Crippen LogP contribution in [0.15, 0.2) is 33.0 Å². The average Bonchev–Trinajstić information content (AvgIpc) is 3.38. The van der Waals surface area contributed by atoms with E-state index in [1.165, 1.54) is 40.2 Å². The van der Waals surface area contributed by atoms with Crippen LogP contribution in [0.25, 0.3) is 16.3 Å². The maximum absolute atomic E-state index is 12.1. The van der Waals surface area contributed by atoms with Gasteiger partial charge in [-0.05, 0) is 30.7 Å². The van der Waals surface area contributed by atoms with Gasteiger partial charge in [0, 0.05) is 46.3 Å². The zero-order chi connectivity index (χ0) is 19.3. The standard InChI is InChI=1S/C19H19N5OS3/c1-11-3-4-13-14(10-27-15(13)7-11)17-21-22-19(23(17)2)28-9-12-8-16(25)24-5-6-26-18(24)20-12/h5-6,8,10-11H,3-4,7,9H2,1-2H3. The van der Waals surface area contributed by atoms with E-state index in [1.807, 2.05) is 23.8 Å². The zero-order valence-electron chi connectivity index (χ0n) is 15.6. The third-order valence-electron chi connectivity index (χ3n) is 5.18. The van der Waals surface area contributed by atoms with Gasteiger partial charge in [0.15, 0.2) is 15.9 Å². The highest BCUT2D eigenvalue weighted by atomic mass is 32.2. The van der Waals surface area contributed by atoms with E-state index in [9.17, 15) is 4.79 Å². The molecule has 4 aromatic rings. The van der Waals surface area contributed by atoms with Crippen molar-refractivity contribution >= 4 is 39.4 Å². The van der Waals surface area contributed by atoms with Gasteiger partial charge in [-0.1, -0.05) is 18.7 Å². The molecule has 4 aromatic heterocycles. The Labute approximate surface area is 174 Å². The highest BCUT2D eigenvalue weighted by Gasteiger charge is 2.23. The van der Waals surface area contributed by atoms with Crippen LogP contribution in [-0.2, 0) is 25.6 Å². The molecule has 28 heavy (non-hydrogen) atoms. The largest absolute Gasteiger partial charge is 0.305 e. The lowest BCUT2D eigenvalue weighted by Gasteiger charge is -2.18. The highest BCUT2D eigenvalue weighted by molar-refractivity contribution is 7.98. The molecule has 0 spiro atoms.